The number of cyclic esters (lactones) is 1. The van der Waals surface area contributed by atoms with E-state index in [1.807, 2.05) is 12.1 Å². The number of aryl methyl sites for hydroxylation is 1. The van der Waals surface area contributed by atoms with Crippen LogP contribution in [0.3, 0.4) is 0 Å². The van der Waals surface area contributed by atoms with E-state index in [0.717, 1.165) is 12.8 Å². The second-order valence-electron chi connectivity index (χ2n) is 6.57. The van der Waals surface area contributed by atoms with Crippen molar-refractivity contribution in [3.05, 3.63) is 83.4 Å². The number of hydrogen-bond donors (Lipinski definition) is 0. The molecular weight excluding hydrogens is 328 g/mol. The van der Waals surface area contributed by atoms with Gasteiger partial charge in [0.15, 0.2) is 5.44 Å². The lowest BCUT2D eigenvalue weighted by Gasteiger charge is -2.09. The normalized spacial score (nSPS) is 20.0. The molecule has 0 bridgehead atoms. The maximum atomic E-state index is 12.2. The Kier molecular flexibility index (Phi) is 4.50. The smallest absolute Gasteiger partial charge is 0.320 e. The molecule has 126 valence electrons. The van der Waals surface area contributed by atoms with Crippen molar-refractivity contribution in [1.29, 1.82) is 0 Å². The molecule has 3 heteroatoms. The molecule has 0 amide bonds. The highest BCUT2D eigenvalue weighted by atomic mass is 32.2. The van der Waals surface area contributed by atoms with Crippen LogP contribution in [0.15, 0.2) is 66.7 Å². The third-order valence-electron chi connectivity index (χ3n) is 4.58. The molecule has 0 aliphatic carbocycles. The maximum absolute atomic E-state index is 12.2. The first-order chi connectivity index (χ1) is 12.2. The number of thioether (sulfide) groups is 1. The van der Waals surface area contributed by atoms with E-state index in [9.17, 15) is 4.79 Å². The van der Waals surface area contributed by atoms with Gasteiger partial charge in [-0.1, -0.05) is 72.3 Å². The van der Waals surface area contributed by atoms with Crippen molar-refractivity contribution in [1.82, 2.24) is 0 Å². The SMILES string of the molecule is Cc1ccc(CC2SC(Cc3ccc4ccccc4c3)OC2=O)cc1. The number of rotatable bonds is 4. The summed E-state index contributed by atoms with van der Waals surface area (Å²) in [5, 5.41) is 2.36. The van der Waals surface area contributed by atoms with Gasteiger partial charge in [-0.2, -0.15) is 0 Å². The number of fused-ring (bicyclic) bond motifs is 1. The van der Waals surface area contributed by atoms with Crippen LogP contribution >= 0.6 is 11.8 Å². The molecule has 0 saturated carbocycles. The summed E-state index contributed by atoms with van der Waals surface area (Å²) in [5.74, 6) is -0.0867. The van der Waals surface area contributed by atoms with Gasteiger partial charge in [0.05, 0.1) is 0 Å². The number of carbonyl (C=O) groups excluding carboxylic acids is 1. The number of carbonyl (C=O) groups is 1. The van der Waals surface area contributed by atoms with Crippen molar-refractivity contribution in [3.63, 3.8) is 0 Å². The minimum absolute atomic E-state index is 0.0867. The van der Waals surface area contributed by atoms with E-state index in [-0.39, 0.29) is 16.7 Å². The van der Waals surface area contributed by atoms with Crippen LogP contribution in [0.2, 0.25) is 0 Å². The molecule has 3 aromatic rings. The molecule has 1 fully saturated rings. The predicted octanol–water partition coefficient (Wildman–Crippen LogP) is 4.92. The molecule has 1 heterocycles. The molecule has 1 saturated heterocycles. The molecular formula is C22H20O2S. The first-order valence-electron chi connectivity index (χ1n) is 8.56. The number of benzene rings is 3. The molecule has 0 N–H and O–H groups in total. The van der Waals surface area contributed by atoms with Crippen LogP contribution in [-0.4, -0.2) is 16.7 Å². The quantitative estimate of drug-likeness (QED) is 0.626. The summed E-state index contributed by atoms with van der Waals surface area (Å²) in [5.41, 5.74) is 3.54. The zero-order valence-corrected chi connectivity index (χ0v) is 15.0. The monoisotopic (exact) mass is 348 g/mol. The third-order valence-corrected chi connectivity index (χ3v) is 5.84. The average Bonchev–Trinajstić information content (AvgIpc) is 2.96. The molecule has 2 unspecified atom stereocenters. The van der Waals surface area contributed by atoms with Crippen LogP contribution in [0.5, 0.6) is 0 Å². The van der Waals surface area contributed by atoms with Crippen LogP contribution in [0.25, 0.3) is 10.8 Å². The summed E-state index contributed by atoms with van der Waals surface area (Å²) in [6.45, 7) is 2.07. The van der Waals surface area contributed by atoms with Gasteiger partial charge in [0.25, 0.3) is 0 Å². The molecule has 3 aromatic carbocycles. The summed E-state index contributed by atoms with van der Waals surface area (Å²) in [7, 11) is 0. The number of ether oxygens (including phenoxy) is 1. The number of hydrogen-bond acceptors (Lipinski definition) is 3. The molecule has 0 spiro atoms. The Balaban J connectivity index is 1.43. The van der Waals surface area contributed by atoms with Gasteiger partial charge in [-0.05, 0) is 35.2 Å². The highest BCUT2D eigenvalue weighted by Crippen LogP contribution is 2.33. The second kappa shape index (κ2) is 6.93. The summed E-state index contributed by atoms with van der Waals surface area (Å²) >= 11 is 1.65. The summed E-state index contributed by atoms with van der Waals surface area (Å²) in [6.07, 6.45) is 1.49. The van der Waals surface area contributed by atoms with Crippen molar-refractivity contribution in [2.24, 2.45) is 0 Å². The Hall–Kier alpha value is -2.26. The lowest BCUT2D eigenvalue weighted by molar-refractivity contribution is -0.142. The molecule has 2 nitrogen and oxygen atoms in total. The first kappa shape index (κ1) is 16.2. The van der Waals surface area contributed by atoms with Crippen molar-refractivity contribution >= 4 is 28.5 Å². The molecule has 4 rings (SSSR count). The Labute approximate surface area is 152 Å². The van der Waals surface area contributed by atoms with E-state index in [4.69, 9.17) is 4.74 Å². The molecule has 1 aliphatic heterocycles. The Morgan fingerprint density at radius 3 is 2.40 bits per heavy atom. The summed E-state index contributed by atoms with van der Waals surface area (Å²) < 4.78 is 5.61. The zero-order valence-electron chi connectivity index (χ0n) is 14.1. The molecule has 2 atom stereocenters. The molecule has 0 radical (unpaired) electrons. The fourth-order valence-corrected chi connectivity index (χ4v) is 4.45. The summed E-state index contributed by atoms with van der Waals surface area (Å²) in [6, 6.07) is 23.2. The maximum Gasteiger partial charge on any atom is 0.320 e. The third kappa shape index (κ3) is 3.72. The van der Waals surface area contributed by atoms with Crippen LogP contribution in [0.1, 0.15) is 16.7 Å². The zero-order chi connectivity index (χ0) is 17.2. The van der Waals surface area contributed by atoms with E-state index in [1.165, 1.54) is 27.5 Å². The fraction of sp³-hybridized carbons (Fsp3) is 0.227. The van der Waals surface area contributed by atoms with E-state index in [2.05, 4.69) is 61.5 Å². The lowest BCUT2D eigenvalue weighted by Crippen LogP contribution is -2.15. The summed E-state index contributed by atoms with van der Waals surface area (Å²) in [4.78, 5) is 12.2. The predicted molar refractivity (Wildman–Crippen MR) is 104 cm³/mol. The standard InChI is InChI=1S/C22H20O2S/c1-15-6-8-16(9-7-15)13-20-22(23)24-21(25-20)14-17-10-11-18-4-2-3-5-19(18)12-17/h2-12,20-21H,13-14H2,1H3. The minimum Gasteiger partial charge on any atom is -0.450 e. The van der Waals surface area contributed by atoms with Gasteiger partial charge >= 0.3 is 5.97 Å². The molecule has 0 aromatic heterocycles. The second-order valence-corrected chi connectivity index (χ2v) is 7.93. The van der Waals surface area contributed by atoms with Gasteiger partial charge in [-0.3, -0.25) is 4.79 Å². The minimum atomic E-state index is -0.104. The van der Waals surface area contributed by atoms with E-state index in [1.54, 1.807) is 11.8 Å². The van der Waals surface area contributed by atoms with Gasteiger partial charge in [-0.15, -0.1) is 11.8 Å². The Morgan fingerprint density at radius 1 is 0.880 bits per heavy atom. The highest BCUT2D eigenvalue weighted by molar-refractivity contribution is 8.01. The van der Waals surface area contributed by atoms with Gasteiger partial charge in [0.1, 0.15) is 5.25 Å². The van der Waals surface area contributed by atoms with Crippen LogP contribution in [0.4, 0.5) is 0 Å². The van der Waals surface area contributed by atoms with E-state index >= 15 is 0 Å². The lowest BCUT2D eigenvalue weighted by atomic mass is 10.1. The number of esters is 1. The fourth-order valence-electron chi connectivity index (χ4n) is 3.19. The Bertz CT molecular complexity index is 901. The average molecular weight is 348 g/mol. The van der Waals surface area contributed by atoms with E-state index < -0.39 is 0 Å². The molecule has 1 aliphatic rings. The molecule has 25 heavy (non-hydrogen) atoms. The van der Waals surface area contributed by atoms with Gasteiger partial charge in [0.2, 0.25) is 0 Å². The van der Waals surface area contributed by atoms with Gasteiger partial charge < -0.3 is 4.74 Å². The first-order valence-corrected chi connectivity index (χ1v) is 9.51. The highest BCUT2D eigenvalue weighted by Gasteiger charge is 2.35. The Morgan fingerprint density at radius 2 is 1.60 bits per heavy atom. The van der Waals surface area contributed by atoms with Crippen LogP contribution in [0, 0.1) is 6.92 Å². The van der Waals surface area contributed by atoms with Crippen molar-refractivity contribution < 1.29 is 9.53 Å². The van der Waals surface area contributed by atoms with Crippen LogP contribution < -0.4 is 0 Å². The van der Waals surface area contributed by atoms with Crippen molar-refractivity contribution in [2.45, 2.75) is 30.5 Å². The van der Waals surface area contributed by atoms with Crippen molar-refractivity contribution in [3.8, 4) is 0 Å². The largest absolute Gasteiger partial charge is 0.450 e. The topological polar surface area (TPSA) is 26.3 Å². The van der Waals surface area contributed by atoms with E-state index in [0.29, 0.717) is 0 Å². The van der Waals surface area contributed by atoms with Gasteiger partial charge in [0, 0.05) is 6.42 Å². The van der Waals surface area contributed by atoms with Crippen LogP contribution in [-0.2, 0) is 22.4 Å². The van der Waals surface area contributed by atoms with Crippen molar-refractivity contribution in [2.75, 3.05) is 0 Å². The van der Waals surface area contributed by atoms with Gasteiger partial charge in [-0.25, -0.2) is 0 Å².